The van der Waals surface area contributed by atoms with E-state index in [1.807, 2.05) is 26.8 Å². The molecule has 0 radical (unpaired) electrons. The van der Waals surface area contributed by atoms with E-state index < -0.39 is 11.4 Å². The first-order valence-corrected chi connectivity index (χ1v) is 6.67. The third kappa shape index (κ3) is 3.21. The summed E-state index contributed by atoms with van der Waals surface area (Å²) in [5.74, 6) is 0.341. The average molecular weight is 331 g/mol. The highest BCUT2D eigenvalue weighted by Gasteiger charge is 2.32. The zero-order valence-electron chi connectivity index (χ0n) is 11.8. The molecule has 1 N–H and O–H groups in total. The molecule has 106 valence electrons. The normalized spacial score (nSPS) is 11.3. The highest BCUT2D eigenvalue weighted by Crippen LogP contribution is 2.45. The van der Waals surface area contributed by atoms with E-state index in [9.17, 15) is 4.79 Å². The Hall–Kier alpha value is -1.23. The Kier molecular flexibility index (Phi) is 4.85. The summed E-state index contributed by atoms with van der Waals surface area (Å²) < 4.78 is 11.6. The number of hydrogen-bond acceptors (Lipinski definition) is 3. The summed E-state index contributed by atoms with van der Waals surface area (Å²) in [7, 11) is 3.12. The van der Waals surface area contributed by atoms with Gasteiger partial charge in [0, 0.05) is 15.5 Å². The lowest BCUT2D eigenvalue weighted by atomic mass is 9.78. The van der Waals surface area contributed by atoms with Gasteiger partial charge in [-0.25, -0.2) is 0 Å². The lowest BCUT2D eigenvalue weighted by molar-refractivity contribution is -0.138. The van der Waals surface area contributed by atoms with Gasteiger partial charge in [0.05, 0.1) is 20.6 Å². The lowest BCUT2D eigenvalue weighted by Gasteiger charge is -2.29. The molecule has 0 aliphatic heterocycles. The summed E-state index contributed by atoms with van der Waals surface area (Å²) in [6, 6.07) is 1.83. The third-order valence-corrected chi connectivity index (χ3v) is 3.96. The van der Waals surface area contributed by atoms with E-state index in [0.29, 0.717) is 11.5 Å². The third-order valence-electron chi connectivity index (χ3n) is 3.14. The predicted octanol–water partition coefficient (Wildman–Crippen LogP) is 3.53. The molecule has 0 aromatic heterocycles. The topological polar surface area (TPSA) is 55.8 Å². The van der Waals surface area contributed by atoms with Crippen LogP contribution in [0.25, 0.3) is 0 Å². The maximum absolute atomic E-state index is 11.1. The molecular formula is C14H19BrO4. The van der Waals surface area contributed by atoms with E-state index in [1.165, 1.54) is 0 Å². The van der Waals surface area contributed by atoms with E-state index >= 15 is 0 Å². The van der Waals surface area contributed by atoms with Gasteiger partial charge in [-0.3, -0.25) is 4.79 Å². The minimum atomic E-state index is -0.842. The Morgan fingerprint density at radius 3 is 2.37 bits per heavy atom. The van der Waals surface area contributed by atoms with Crippen molar-refractivity contribution in [3.05, 3.63) is 21.7 Å². The Balaban J connectivity index is 3.55. The van der Waals surface area contributed by atoms with Crippen molar-refractivity contribution in [3.63, 3.8) is 0 Å². The van der Waals surface area contributed by atoms with Crippen LogP contribution < -0.4 is 9.47 Å². The Bertz CT molecular complexity index is 495. The molecule has 19 heavy (non-hydrogen) atoms. The van der Waals surface area contributed by atoms with Crippen molar-refractivity contribution in [2.24, 2.45) is 0 Å². The van der Waals surface area contributed by atoms with E-state index in [2.05, 4.69) is 15.9 Å². The van der Waals surface area contributed by atoms with Gasteiger partial charge in [0.2, 0.25) is 0 Å². The second-order valence-electron chi connectivity index (χ2n) is 5.05. The first-order chi connectivity index (χ1) is 8.74. The molecule has 0 saturated heterocycles. The van der Waals surface area contributed by atoms with Crippen molar-refractivity contribution < 1.29 is 19.4 Å². The molecule has 1 aromatic rings. The molecule has 4 nitrogen and oxygen atoms in total. The van der Waals surface area contributed by atoms with Crippen molar-refractivity contribution in [1.29, 1.82) is 0 Å². The molecule has 0 fully saturated rings. The van der Waals surface area contributed by atoms with Crippen molar-refractivity contribution in [2.75, 3.05) is 14.2 Å². The number of hydrogen-bond donors (Lipinski definition) is 1. The van der Waals surface area contributed by atoms with Crippen LogP contribution in [0.5, 0.6) is 11.5 Å². The summed E-state index contributed by atoms with van der Waals surface area (Å²) in [4.78, 5) is 11.1. The summed E-state index contributed by atoms with van der Waals surface area (Å²) in [5, 5.41) is 9.08. The Labute approximate surface area is 121 Å². The summed E-state index contributed by atoms with van der Waals surface area (Å²) in [6.07, 6.45) is 0.0177. The molecule has 0 aliphatic carbocycles. The molecule has 0 atom stereocenters. The number of benzene rings is 1. The van der Waals surface area contributed by atoms with E-state index in [4.69, 9.17) is 14.6 Å². The minimum Gasteiger partial charge on any atom is -0.493 e. The molecule has 0 unspecified atom stereocenters. The highest BCUT2D eigenvalue weighted by molar-refractivity contribution is 9.10. The van der Waals surface area contributed by atoms with Crippen molar-refractivity contribution >= 4 is 21.9 Å². The van der Waals surface area contributed by atoms with Crippen molar-refractivity contribution in [2.45, 2.75) is 32.6 Å². The monoisotopic (exact) mass is 330 g/mol. The van der Waals surface area contributed by atoms with E-state index in [0.717, 1.165) is 15.6 Å². The van der Waals surface area contributed by atoms with Crippen LogP contribution in [-0.2, 0) is 10.2 Å². The van der Waals surface area contributed by atoms with E-state index in [1.54, 1.807) is 14.2 Å². The molecule has 0 bridgehead atoms. The zero-order chi connectivity index (χ0) is 14.8. The molecule has 5 heteroatoms. The molecule has 1 aromatic carbocycles. The number of carboxylic acid groups (broad SMARTS) is 1. The average Bonchev–Trinajstić information content (AvgIpc) is 2.29. The fraction of sp³-hybridized carbons (Fsp3) is 0.500. The Morgan fingerprint density at radius 2 is 1.95 bits per heavy atom. The first kappa shape index (κ1) is 15.8. The van der Waals surface area contributed by atoms with Gasteiger partial charge in [0.1, 0.15) is 0 Å². The lowest BCUT2D eigenvalue weighted by Crippen LogP contribution is -2.24. The van der Waals surface area contributed by atoms with Gasteiger partial charge in [-0.05, 0) is 18.6 Å². The fourth-order valence-electron chi connectivity index (χ4n) is 2.34. The molecule has 0 saturated carbocycles. The first-order valence-electron chi connectivity index (χ1n) is 5.88. The quantitative estimate of drug-likeness (QED) is 0.897. The van der Waals surface area contributed by atoms with Crippen LogP contribution in [-0.4, -0.2) is 25.3 Å². The molecule has 0 heterocycles. The molecular weight excluding hydrogens is 312 g/mol. The van der Waals surface area contributed by atoms with Crippen LogP contribution in [0, 0.1) is 6.92 Å². The smallest absolute Gasteiger partial charge is 0.304 e. The summed E-state index contributed by atoms with van der Waals surface area (Å²) >= 11 is 3.48. The molecule has 1 rings (SSSR count). The maximum atomic E-state index is 11.1. The van der Waals surface area contributed by atoms with Crippen LogP contribution >= 0.6 is 15.9 Å². The van der Waals surface area contributed by atoms with Crippen LogP contribution in [0.1, 0.15) is 31.4 Å². The van der Waals surface area contributed by atoms with Crippen LogP contribution in [0.4, 0.5) is 0 Å². The van der Waals surface area contributed by atoms with Crippen molar-refractivity contribution in [1.82, 2.24) is 0 Å². The summed E-state index contributed by atoms with van der Waals surface area (Å²) in [6.45, 7) is 5.71. The van der Waals surface area contributed by atoms with E-state index in [-0.39, 0.29) is 6.42 Å². The van der Waals surface area contributed by atoms with Gasteiger partial charge in [0.15, 0.2) is 11.5 Å². The van der Waals surface area contributed by atoms with Crippen LogP contribution in [0.2, 0.25) is 0 Å². The minimum absolute atomic E-state index is 0.0177. The highest BCUT2D eigenvalue weighted by atomic mass is 79.9. The number of carbonyl (C=O) groups is 1. The van der Waals surface area contributed by atoms with Crippen LogP contribution in [0.3, 0.4) is 0 Å². The largest absolute Gasteiger partial charge is 0.493 e. The van der Waals surface area contributed by atoms with Crippen LogP contribution in [0.15, 0.2) is 10.5 Å². The van der Waals surface area contributed by atoms with Gasteiger partial charge in [-0.1, -0.05) is 29.8 Å². The number of halogens is 1. The number of rotatable bonds is 5. The van der Waals surface area contributed by atoms with Gasteiger partial charge in [-0.15, -0.1) is 0 Å². The number of methoxy groups -OCH3 is 2. The van der Waals surface area contributed by atoms with Gasteiger partial charge in [-0.2, -0.15) is 0 Å². The molecule has 0 aliphatic rings. The fourth-order valence-corrected chi connectivity index (χ4v) is 2.74. The van der Waals surface area contributed by atoms with Gasteiger partial charge in [0.25, 0.3) is 0 Å². The second-order valence-corrected chi connectivity index (χ2v) is 5.90. The molecule has 0 amide bonds. The summed E-state index contributed by atoms with van der Waals surface area (Å²) in [5.41, 5.74) is 1.26. The zero-order valence-corrected chi connectivity index (χ0v) is 13.4. The maximum Gasteiger partial charge on any atom is 0.304 e. The standard InChI is InChI=1S/C14H19BrO4/c1-8-9(15)6-10(18-4)13(19-5)12(8)14(2,3)7-11(16)17/h6H,7H2,1-5H3,(H,16,17). The molecule has 0 spiro atoms. The number of ether oxygens (including phenoxy) is 2. The number of carboxylic acids is 1. The second kappa shape index (κ2) is 5.82. The SMILES string of the molecule is COc1cc(Br)c(C)c(C(C)(C)CC(=O)O)c1OC. The van der Waals surface area contributed by atoms with Gasteiger partial charge >= 0.3 is 5.97 Å². The van der Waals surface area contributed by atoms with Crippen molar-refractivity contribution in [3.8, 4) is 11.5 Å². The Morgan fingerprint density at radius 1 is 1.37 bits per heavy atom. The predicted molar refractivity (Wildman–Crippen MR) is 77.3 cm³/mol. The van der Waals surface area contributed by atoms with Gasteiger partial charge < -0.3 is 14.6 Å². The number of aliphatic carboxylic acids is 1.